The summed E-state index contributed by atoms with van der Waals surface area (Å²) >= 11 is 0. The Bertz CT molecular complexity index is 723. The maximum Gasteiger partial charge on any atom is 0.114 e. The standard InChI is InChI=1S/C26H34Si2/c1-27(23-13-3-4-14-23,24-15-5-6-16-24)21-11-12-22-28(2,25-17-7-8-18-25)26-19-9-10-20-26/h3,5,7,9,13-20H,4,6,8,10-12,21-22H2,1-2H3. The molecule has 0 heterocycles. The Morgan fingerprint density at radius 2 is 0.821 bits per heavy atom. The molecular weight excluding hydrogens is 368 g/mol. The minimum atomic E-state index is -1.54. The fourth-order valence-electron chi connectivity index (χ4n) is 5.34. The third-order valence-electron chi connectivity index (χ3n) is 7.24. The molecule has 0 saturated carbocycles. The third-order valence-corrected chi connectivity index (χ3v) is 16.5. The summed E-state index contributed by atoms with van der Waals surface area (Å²) in [4.78, 5) is 0. The van der Waals surface area contributed by atoms with E-state index in [1.54, 1.807) is 20.8 Å². The molecule has 0 spiro atoms. The van der Waals surface area contributed by atoms with Crippen LogP contribution in [0.15, 0.2) is 93.7 Å². The van der Waals surface area contributed by atoms with Crippen LogP contribution in [-0.2, 0) is 0 Å². The predicted octanol–water partition coefficient (Wildman–Crippen LogP) is 7.63. The minimum Gasteiger partial charge on any atom is -0.0811 e. The van der Waals surface area contributed by atoms with E-state index in [9.17, 15) is 0 Å². The Labute approximate surface area is 173 Å². The van der Waals surface area contributed by atoms with Gasteiger partial charge in [-0.05, 0) is 37.8 Å². The number of hydrogen-bond acceptors (Lipinski definition) is 0. The van der Waals surface area contributed by atoms with Gasteiger partial charge in [0.15, 0.2) is 0 Å². The van der Waals surface area contributed by atoms with E-state index in [1.165, 1.54) is 24.9 Å². The molecule has 2 heteroatoms. The summed E-state index contributed by atoms with van der Waals surface area (Å²) in [5.41, 5.74) is 0. The van der Waals surface area contributed by atoms with E-state index in [-0.39, 0.29) is 0 Å². The highest BCUT2D eigenvalue weighted by atomic mass is 28.3. The van der Waals surface area contributed by atoms with Gasteiger partial charge in [0.25, 0.3) is 0 Å². The molecule has 28 heavy (non-hydrogen) atoms. The van der Waals surface area contributed by atoms with Crippen LogP contribution in [0.3, 0.4) is 0 Å². The van der Waals surface area contributed by atoms with Gasteiger partial charge in [0.05, 0.1) is 0 Å². The van der Waals surface area contributed by atoms with Crippen molar-refractivity contribution in [2.45, 2.75) is 63.7 Å². The Balaban J connectivity index is 1.44. The SMILES string of the molecule is C[Si](CCCC[Si](C)(C1=CCC=C1)C1=CCC=C1)(C1=CCC=C1)C1=CCC=C1. The molecule has 0 nitrogen and oxygen atoms in total. The van der Waals surface area contributed by atoms with Gasteiger partial charge in [-0.15, -0.1) is 0 Å². The molecule has 4 aliphatic carbocycles. The van der Waals surface area contributed by atoms with Crippen molar-refractivity contribution >= 4 is 16.1 Å². The molecular formula is C26H34Si2. The van der Waals surface area contributed by atoms with Crippen LogP contribution in [0.1, 0.15) is 38.5 Å². The lowest BCUT2D eigenvalue weighted by molar-refractivity contribution is 0.855. The summed E-state index contributed by atoms with van der Waals surface area (Å²) in [6, 6.07) is 2.79. The van der Waals surface area contributed by atoms with Gasteiger partial charge in [-0.2, -0.15) is 0 Å². The van der Waals surface area contributed by atoms with Crippen LogP contribution >= 0.6 is 0 Å². The first-order chi connectivity index (χ1) is 13.6. The Morgan fingerprint density at radius 1 is 0.536 bits per heavy atom. The second-order valence-electron chi connectivity index (χ2n) is 9.06. The molecule has 0 bridgehead atoms. The first-order valence-corrected chi connectivity index (χ1v) is 16.5. The molecule has 0 aromatic rings. The molecule has 0 radical (unpaired) electrons. The third kappa shape index (κ3) is 3.77. The van der Waals surface area contributed by atoms with E-state index < -0.39 is 16.1 Å². The summed E-state index contributed by atoms with van der Waals surface area (Å²) in [7, 11) is -3.07. The summed E-state index contributed by atoms with van der Waals surface area (Å²) in [5, 5.41) is 6.70. The quantitative estimate of drug-likeness (QED) is 0.275. The van der Waals surface area contributed by atoms with Crippen LogP contribution in [0.25, 0.3) is 0 Å². The van der Waals surface area contributed by atoms with Crippen LogP contribution in [0.2, 0.25) is 25.2 Å². The molecule has 0 aliphatic heterocycles. The van der Waals surface area contributed by atoms with E-state index in [2.05, 4.69) is 86.0 Å². The molecule has 146 valence electrons. The molecule has 0 atom stereocenters. The Morgan fingerprint density at radius 3 is 1.04 bits per heavy atom. The second-order valence-corrected chi connectivity index (χ2v) is 17.7. The lowest BCUT2D eigenvalue weighted by Crippen LogP contribution is -2.36. The van der Waals surface area contributed by atoms with Crippen molar-refractivity contribution < 1.29 is 0 Å². The predicted molar refractivity (Wildman–Crippen MR) is 129 cm³/mol. The van der Waals surface area contributed by atoms with E-state index >= 15 is 0 Å². The van der Waals surface area contributed by atoms with Crippen LogP contribution in [0.5, 0.6) is 0 Å². The summed E-state index contributed by atoms with van der Waals surface area (Å²) in [6.45, 7) is 5.22. The van der Waals surface area contributed by atoms with Crippen LogP contribution in [-0.4, -0.2) is 16.1 Å². The fraction of sp³-hybridized carbons (Fsp3) is 0.385. The highest BCUT2D eigenvalue weighted by molar-refractivity contribution is 6.93. The van der Waals surface area contributed by atoms with E-state index in [1.807, 2.05) is 0 Å². The van der Waals surface area contributed by atoms with Crippen molar-refractivity contribution in [3.8, 4) is 0 Å². The van der Waals surface area contributed by atoms with Crippen LogP contribution < -0.4 is 0 Å². The van der Waals surface area contributed by atoms with Gasteiger partial charge >= 0.3 is 0 Å². The number of rotatable bonds is 9. The first kappa shape index (κ1) is 19.7. The molecule has 0 fully saturated rings. The fourth-order valence-corrected chi connectivity index (χ4v) is 13.3. The lowest BCUT2D eigenvalue weighted by Gasteiger charge is -2.32. The average molecular weight is 403 g/mol. The number of unbranched alkanes of at least 4 members (excludes halogenated alkanes) is 1. The molecule has 0 unspecified atom stereocenters. The Hall–Kier alpha value is -1.65. The highest BCUT2D eigenvalue weighted by Crippen LogP contribution is 2.39. The van der Waals surface area contributed by atoms with Gasteiger partial charge < -0.3 is 0 Å². The Kier molecular flexibility index (Phi) is 5.89. The van der Waals surface area contributed by atoms with Gasteiger partial charge in [0.2, 0.25) is 0 Å². The average Bonchev–Trinajstić information content (AvgIpc) is 3.54. The molecule has 0 saturated heterocycles. The van der Waals surface area contributed by atoms with Crippen LogP contribution in [0.4, 0.5) is 0 Å². The highest BCUT2D eigenvalue weighted by Gasteiger charge is 2.37. The monoisotopic (exact) mass is 402 g/mol. The van der Waals surface area contributed by atoms with Gasteiger partial charge in [0.1, 0.15) is 16.1 Å². The maximum absolute atomic E-state index is 2.61. The minimum absolute atomic E-state index is 1.14. The maximum atomic E-state index is 2.61. The number of allylic oxidation sites excluding steroid dienone is 16. The van der Waals surface area contributed by atoms with Gasteiger partial charge in [-0.25, -0.2) is 0 Å². The van der Waals surface area contributed by atoms with Gasteiger partial charge in [-0.1, -0.05) is 120 Å². The molecule has 4 aliphatic rings. The largest absolute Gasteiger partial charge is 0.114 e. The van der Waals surface area contributed by atoms with Gasteiger partial charge in [0, 0.05) is 0 Å². The summed E-state index contributed by atoms with van der Waals surface area (Å²) < 4.78 is 0. The summed E-state index contributed by atoms with van der Waals surface area (Å²) in [6.07, 6.45) is 36.4. The van der Waals surface area contributed by atoms with Crippen molar-refractivity contribution in [1.82, 2.24) is 0 Å². The smallest absolute Gasteiger partial charge is 0.0811 e. The molecule has 4 rings (SSSR count). The molecule has 0 N–H and O–H groups in total. The normalized spacial score (nSPS) is 20.8. The van der Waals surface area contributed by atoms with Crippen molar-refractivity contribution in [3.63, 3.8) is 0 Å². The second kappa shape index (κ2) is 8.38. The zero-order valence-electron chi connectivity index (χ0n) is 17.6. The zero-order chi connectivity index (χ0) is 19.5. The van der Waals surface area contributed by atoms with Crippen molar-refractivity contribution in [2.24, 2.45) is 0 Å². The van der Waals surface area contributed by atoms with E-state index in [4.69, 9.17) is 0 Å². The van der Waals surface area contributed by atoms with Crippen molar-refractivity contribution in [2.75, 3.05) is 0 Å². The molecule has 0 amide bonds. The lowest BCUT2D eigenvalue weighted by atomic mass is 10.4. The van der Waals surface area contributed by atoms with Gasteiger partial charge in [-0.3, -0.25) is 0 Å². The molecule has 0 aromatic carbocycles. The zero-order valence-corrected chi connectivity index (χ0v) is 19.6. The van der Waals surface area contributed by atoms with Crippen LogP contribution in [0, 0.1) is 0 Å². The summed E-state index contributed by atoms with van der Waals surface area (Å²) in [5.74, 6) is 0. The van der Waals surface area contributed by atoms with E-state index in [0.29, 0.717) is 0 Å². The van der Waals surface area contributed by atoms with Crippen molar-refractivity contribution in [3.05, 3.63) is 93.7 Å². The first-order valence-electron chi connectivity index (χ1n) is 11.1. The number of hydrogen-bond donors (Lipinski definition) is 0. The topological polar surface area (TPSA) is 0 Å². The molecule has 0 aromatic heterocycles. The van der Waals surface area contributed by atoms with Crippen molar-refractivity contribution in [1.29, 1.82) is 0 Å². The van der Waals surface area contributed by atoms with E-state index in [0.717, 1.165) is 25.7 Å².